The Hall–Kier alpha value is -3.06. The van der Waals surface area contributed by atoms with Gasteiger partial charge in [0.15, 0.2) is 0 Å². The smallest absolute Gasteiger partial charge is 0.323 e. The Morgan fingerprint density at radius 2 is 1.75 bits per heavy atom. The molecule has 1 fully saturated rings. The average molecular weight is 381 g/mol. The van der Waals surface area contributed by atoms with Crippen LogP contribution in [-0.2, 0) is 0 Å². The molecule has 1 saturated heterocycles. The van der Waals surface area contributed by atoms with Gasteiger partial charge in [-0.2, -0.15) is 0 Å². The monoisotopic (exact) mass is 381 g/mol. The summed E-state index contributed by atoms with van der Waals surface area (Å²) in [6, 6.07) is 14.2. The molecule has 0 aliphatic carbocycles. The Labute approximate surface area is 165 Å². The van der Waals surface area contributed by atoms with E-state index in [-0.39, 0.29) is 12.1 Å². The van der Waals surface area contributed by atoms with Gasteiger partial charge in [-0.15, -0.1) is 0 Å². The van der Waals surface area contributed by atoms with E-state index in [2.05, 4.69) is 22.9 Å². The van der Waals surface area contributed by atoms with Crippen molar-refractivity contribution in [3.8, 4) is 0 Å². The standard InChI is InChI=1S/C21H27N5O2/c1-14-8-9-18(24-20(27)23-17-6-4-3-5-7-17)10-19(14)25-21(28)26-12-15(2)16(11-22)13-26/h3-10,15-16H,11-13,22H2,1-2H3,(H,25,28)(H2,23,24,27)/t15-,16-/m1/s1. The molecular weight excluding hydrogens is 354 g/mol. The normalized spacial score (nSPS) is 18.6. The van der Waals surface area contributed by atoms with E-state index in [0.717, 1.165) is 5.56 Å². The second-order valence-corrected chi connectivity index (χ2v) is 7.28. The first-order valence-corrected chi connectivity index (χ1v) is 9.46. The largest absolute Gasteiger partial charge is 0.330 e. The summed E-state index contributed by atoms with van der Waals surface area (Å²) in [5.74, 6) is 0.730. The van der Waals surface area contributed by atoms with Gasteiger partial charge in [-0.3, -0.25) is 0 Å². The molecule has 5 N–H and O–H groups in total. The van der Waals surface area contributed by atoms with Crippen LogP contribution in [0.25, 0.3) is 0 Å². The number of hydrogen-bond acceptors (Lipinski definition) is 3. The quantitative estimate of drug-likeness (QED) is 0.650. The van der Waals surface area contributed by atoms with Gasteiger partial charge in [0.2, 0.25) is 0 Å². The number of aryl methyl sites for hydroxylation is 1. The minimum atomic E-state index is -0.341. The molecule has 4 amide bonds. The van der Waals surface area contributed by atoms with E-state index in [1.807, 2.05) is 43.3 Å². The molecule has 28 heavy (non-hydrogen) atoms. The molecule has 2 atom stereocenters. The SMILES string of the molecule is Cc1ccc(NC(=O)Nc2ccccc2)cc1NC(=O)N1C[C@@H](CN)[C@H](C)C1. The second kappa shape index (κ2) is 8.75. The number of para-hydroxylation sites is 1. The summed E-state index contributed by atoms with van der Waals surface area (Å²) in [6.07, 6.45) is 0. The molecule has 1 aliphatic rings. The molecule has 7 heteroatoms. The van der Waals surface area contributed by atoms with Crippen molar-refractivity contribution in [2.24, 2.45) is 17.6 Å². The highest BCUT2D eigenvalue weighted by Crippen LogP contribution is 2.25. The maximum absolute atomic E-state index is 12.6. The van der Waals surface area contributed by atoms with E-state index in [0.29, 0.717) is 48.5 Å². The van der Waals surface area contributed by atoms with E-state index in [1.165, 1.54) is 0 Å². The third kappa shape index (κ3) is 4.80. The van der Waals surface area contributed by atoms with Crippen molar-refractivity contribution in [1.82, 2.24) is 4.90 Å². The number of nitrogens with one attached hydrogen (secondary N) is 3. The van der Waals surface area contributed by atoms with E-state index in [4.69, 9.17) is 5.73 Å². The van der Waals surface area contributed by atoms with Crippen LogP contribution in [0.4, 0.5) is 26.7 Å². The van der Waals surface area contributed by atoms with Crippen LogP contribution in [0.15, 0.2) is 48.5 Å². The minimum Gasteiger partial charge on any atom is -0.330 e. The predicted octanol–water partition coefficient (Wildman–Crippen LogP) is 3.70. The summed E-state index contributed by atoms with van der Waals surface area (Å²) in [5.41, 5.74) is 8.68. The van der Waals surface area contributed by atoms with Crippen molar-refractivity contribution in [3.05, 3.63) is 54.1 Å². The molecule has 2 aromatic carbocycles. The first-order valence-electron chi connectivity index (χ1n) is 9.46. The van der Waals surface area contributed by atoms with Gasteiger partial charge in [0.25, 0.3) is 0 Å². The lowest BCUT2D eigenvalue weighted by molar-refractivity contribution is 0.220. The number of likely N-dealkylation sites (tertiary alicyclic amines) is 1. The highest BCUT2D eigenvalue weighted by molar-refractivity contribution is 6.00. The predicted molar refractivity (Wildman–Crippen MR) is 113 cm³/mol. The van der Waals surface area contributed by atoms with Crippen molar-refractivity contribution in [1.29, 1.82) is 0 Å². The zero-order chi connectivity index (χ0) is 20.1. The van der Waals surface area contributed by atoms with Gasteiger partial charge in [-0.1, -0.05) is 31.2 Å². The number of benzene rings is 2. The van der Waals surface area contributed by atoms with Crippen LogP contribution in [0.1, 0.15) is 12.5 Å². The molecule has 0 unspecified atom stereocenters. The lowest BCUT2D eigenvalue weighted by Crippen LogP contribution is -2.34. The van der Waals surface area contributed by atoms with Crippen LogP contribution in [0.5, 0.6) is 0 Å². The van der Waals surface area contributed by atoms with Crippen molar-refractivity contribution in [2.75, 3.05) is 35.6 Å². The maximum atomic E-state index is 12.6. The molecule has 0 saturated carbocycles. The zero-order valence-corrected chi connectivity index (χ0v) is 16.2. The van der Waals surface area contributed by atoms with Crippen molar-refractivity contribution < 1.29 is 9.59 Å². The van der Waals surface area contributed by atoms with Crippen molar-refractivity contribution in [3.63, 3.8) is 0 Å². The van der Waals surface area contributed by atoms with E-state index >= 15 is 0 Å². The number of carbonyl (C=O) groups is 2. The van der Waals surface area contributed by atoms with Crippen LogP contribution in [0.2, 0.25) is 0 Å². The summed E-state index contributed by atoms with van der Waals surface area (Å²) >= 11 is 0. The Balaban J connectivity index is 1.63. The minimum absolute atomic E-state index is 0.142. The zero-order valence-electron chi connectivity index (χ0n) is 16.2. The van der Waals surface area contributed by atoms with E-state index < -0.39 is 0 Å². The maximum Gasteiger partial charge on any atom is 0.323 e. The van der Waals surface area contributed by atoms with Crippen LogP contribution < -0.4 is 21.7 Å². The highest BCUT2D eigenvalue weighted by atomic mass is 16.2. The fourth-order valence-corrected chi connectivity index (χ4v) is 3.35. The van der Waals surface area contributed by atoms with E-state index in [9.17, 15) is 9.59 Å². The Morgan fingerprint density at radius 1 is 1.04 bits per heavy atom. The first kappa shape index (κ1) is 19.7. The highest BCUT2D eigenvalue weighted by Gasteiger charge is 2.31. The molecule has 148 valence electrons. The molecule has 1 heterocycles. The fourth-order valence-electron chi connectivity index (χ4n) is 3.35. The molecule has 0 aromatic heterocycles. The van der Waals surface area contributed by atoms with Gasteiger partial charge < -0.3 is 26.6 Å². The molecule has 0 bridgehead atoms. The number of anilines is 3. The van der Waals surface area contributed by atoms with Crippen LogP contribution in [0, 0.1) is 18.8 Å². The third-order valence-electron chi connectivity index (χ3n) is 5.13. The Kier molecular flexibility index (Phi) is 6.16. The molecule has 3 rings (SSSR count). The molecule has 7 nitrogen and oxygen atoms in total. The van der Waals surface area contributed by atoms with Crippen LogP contribution in [0.3, 0.4) is 0 Å². The lowest BCUT2D eigenvalue weighted by Gasteiger charge is -2.19. The van der Waals surface area contributed by atoms with Gasteiger partial charge >= 0.3 is 12.1 Å². The fraction of sp³-hybridized carbons (Fsp3) is 0.333. The van der Waals surface area contributed by atoms with Crippen molar-refractivity contribution in [2.45, 2.75) is 13.8 Å². The number of hydrogen-bond donors (Lipinski definition) is 4. The molecule has 2 aromatic rings. The van der Waals surface area contributed by atoms with Gasteiger partial charge in [-0.25, -0.2) is 9.59 Å². The van der Waals surface area contributed by atoms with Crippen LogP contribution in [-0.4, -0.2) is 36.6 Å². The van der Waals surface area contributed by atoms with Gasteiger partial charge in [0.05, 0.1) is 0 Å². The first-order chi connectivity index (χ1) is 13.5. The second-order valence-electron chi connectivity index (χ2n) is 7.28. The summed E-state index contributed by atoms with van der Waals surface area (Å²) in [5, 5.41) is 8.52. The summed E-state index contributed by atoms with van der Waals surface area (Å²) in [7, 11) is 0. The summed E-state index contributed by atoms with van der Waals surface area (Å²) in [4.78, 5) is 26.6. The molecular formula is C21H27N5O2. The third-order valence-corrected chi connectivity index (χ3v) is 5.13. The number of nitrogens with zero attached hydrogens (tertiary/aromatic N) is 1. The topological polar surface area (TPSA) is 99.5 Å². The van der Waals surface area contributed by atoms with Gasteiger partial charge in [0, 0.05) is 30.2 Å². The number of amides is 4. The van der Waals surface area contributed by atoms with Gasteiger partial charge in [0.1, 0.15) is 0 Å². The molecule has 0 radical (unpaired) electrons. The van der Waals surface area contributed by atoms with E-state index in [1.54, 1.807) is 17.0 Å². The van der Waals surface area contributed by atoms with Crippen molar-refractivity contribution >= 4 is 29.1 Å². The Bertz CT molecular complexity index is 840. The number of nitrogens with two attached hydrogens (primary N) is 1. The molecule has 1 aliphatic heterocycles. The summed E-state index contributed by atoms with van der Waals surface area (Å²) < 4.78 is 0. The van der Waals surface area contributed by atoms with Gasteiger partial charge in [-0.05, 0) is 55.1 Å². The average Bonchev–Trinajstić information content (AvgIpc) is 3.06. The summed E-state index contributed by atoms with van der Waals surface area (Å²) in [6.45, 7) is 5.98. The number of rotatable bonds is 4. The lowest BCUT2D eigenvalue weighted by atomic mass is 9.99. The van der Waals surface area contributed by atoms with Crippen LogP contribution >= 0.6 is 0 Å². The number of carbonyl (C=O) groups excluding carboxylic acids is 2. The Morgan fingerprint density at radius 3 is 2.43 bits per heavy atom. The molecule has 0 spiro atoms. The number of urea groups is 2.